The van der Waals surface area contributed by atoms with Crippen LogP contribution in [-0.4, -0.2) is 34.2 Å². The number of hydrogen-bond donors (Lipinski definition) is 2. The van der Waals surface area contributed by atoms with Crippen molar-refractivity contribution in [3.8, 4) is 0 Å². The Morgan fingerprint density at radius 1 is 0.789 bits per heavy atom. The fourth-order valence-corrected chi connectivity index (χ4v) is 4.24. The molecule has 5 rings (SSSR count). The van der Waals surface area contributed by atoms with E-state index in [0.717, 1.165) is 27.4 Å². The topological polar surface area (TPSA) is 110 Å². The smallest absolute Gasteiger partial charge is 0.330 e. The molecule has 8 nitrogen and oxygen atoms in total. The molecule has 0 aliphatic heterocycles. The summed E-state index contributed by atoms with van der Waals surface area (Å²) in [5.41, 5.74) is 3.05. The van der Waals surface area contributed by atoms with Crippen molar-refractivity contribution in [1.82, 2.24) is 9.97 Å². The summed E-state index contributed by atoms with van der Waals surface area (Å²) in [5.74, 6) is -2.79. The van der Waals surface area contributed by atoms with Crippen molar-refractivity contribution in [2.75, 3.05) is 5.32 Å². The monoisotopic (exact) mass is 507 g/mol. The standard InChI is InChI=1S/C30H25N3O5/c34-17-24(29(35)37-18-20-9-3-1-4-10-20)27(30(36)38-19-21-11-5-2-6-12-21)33-28-26-23(15-16-31-28)22-13-7-8-14-25(22)32-26/h1-17,24,27,32H,18-19H2,(H,31,33)/t24?,27-/m0/s1. The number of aldehydes is 1. The van der Waals surface area contributed by atoms with Gasteiger partial charge in [0, 0.05) is 22.5 Å². The lowest BCUT2D eigenvalue weighted by Gasteiger charge is -2.22. The lowest BCUT2D eigenvalue weighted by Crippen LogP contribution is -2.44. The highest BCUT2D eigenvalue weighted by Gasteiger charge is 2.37. The van der Waals surface area contributed by atoms with Gasteiger partial charge in [0.15, 0.2) is 5.82 Å². The van der Waals surface area contributed by atoms with Crippen molar-refractivity contribution < 1.29 is 23.9 Å². The molecule has 3 aromatic carbocycles. The molecule has 0 bridgehead atoms. The largest absolute Gasteiger partial charge is 0.460 e. The Labute approximate surface area is 218 Å². The maximum Gasteiger partial charge on any atom is 0.330 e. The number of pyridine rings is 1. The number of H-pyrrole nitrogens is 1. The number of ether oxygens (including phenoxy) is 2. The first-order valence-corrected chi connectivity index (χ1v) is 12.1. The van der Waals surface area contributed by atoms with Gasteiger partial charge in [0.2, 0.25) is 0 Å². The fourth-order valence-electron chi connectivity index (χ4n) is 4.24. The summed E-state index contributed by atoms with van der Waals surface area (Å²) < 4.78 is 10.9. The zero-order valence-electron chi connectivity index (χ0n) is 20.4. The summed E-state index contributed by atoms with van der Waals surface area (Å²) in [7, 11) is 0. The zero-order valence-corrected chi connectivity index (χ0v) is 20.4. The van der Waals surface area contributed by atoms with Crippen molar-refractivity contribution in [3.63, 3.8) is 0 Å². The Morgan fingerprint density at radius 2 is 1.39 bits per heavy atom. The number of nitrogens with zero attached hydrogens (tertiary/aromatic N) is 1. The van der Waals surface area contributed by atoms with Crippen LogP contribution in [0.4, 0.5) is 5.82 Å². The molecule has 0 radical (unpaired) electrons. The molecular formula is C30H25N3O5. The van der Waals surface area contributed by atoms with Crippen LogP contribution < -0.4 is 5.32 Å². The van der Waals surface area contributed by atoms with Gasteiger partial charge in [-0.3, -0.25) is 4.79 Å². The van der Waals surface area contributed by atoms with Gasteiger partial charge in [-0.15, -0.1) is 0 Å². The molecule has 0 spiro atoms. The van der Waals surface area contributed by atoms with E-state index >= 15 is 0 Å². The van der Waals surface area contributed by atoms with E-state index in [9.17, 15) is 14.4 Å². The molecule has 0 fully saturated rings. The fraction of sp³-hybridized carbons (Fsp3) is 0.133. The summed E-state index contributed by atoms with van der Waals surface area (Å²) >= 11 is 0. The number of nitrogens with one attached hydrogen (secondary N) is 2. The van der Waals surface area contributed by atoms with E-state index in [0.29, 0.717) is 17.6 Å². The molecule has 0 aliphatic carbocycles. The van der Waals surface area contributed by atoms with Gasteiger partial charge in [0.25, 0.3) is 0 Å². The highest BCUT2D eigenvalue weighted by molar-refractivity contribution is 6.10. The second-order valence-corrected chi connectivity index (χ2v) is 8.72. The van der Waals surface area contributed by atoms with Gasteiger partial charge in [0.05, 0.1) is 5.52 Å². The minimum Gasteiger partial charge on any atom is -0.460 e. The first-order valence-electron chi connectivity index (χ1n) is 12.1. The number of carbonyl (C=O) groups excluding carboxylic acids is 3. The molecule has 38 heavy (non-hydrogen) atoms. The van der Waals surface area contributed by atoms with Crippen molar-refractivity contribution in [1.29, 1.82) is 0 Å². The summed E-state index contributed by atoms with van der Waals surface area (Å²) in [6, 6.07) is 26.4. The van der Waals surface area contributed by atoms with Crippen LogP contribution in [0.25, 0.3) is 21.8 Å². The third-order valence-electron chi connectivity index (χ3n) is 6.20. The highest BCUT2D eigenvalue weighted by atomic mass is 16.5. The molecule has 2 N–H and O–H groups in total. The van der Waals surface area contributed by atoms with Crippen LogP contribution in [0.5, 0.6) is 0 Å². The van der Waals surface area contributed by atoms with E-state index in [1.54, 1.807) is 18.3 Å². The minimum atomic E-state index is -1.47. The number of fused-ring (bicyclic) bond motifs is 3. The number of carbonyl (C=O) groups is 3. The molecule has 0 saturated heterocycles. The van der Waals surface area contributed by atoms with Gasteiger partial charge in [-0.1, -0.05) is 78.9 Å². The lowest BCUT2D eigenvalue weighted by atomic mass is 10.0. The Bertz CT molecular complexity index is 1570. The molecule has 190 valence electrons. The maximum absolute atomic E-state index is 13.3. The molecule has 2 aromatic heterocycles. The molecule has 1 unspecified atom stereocenters. The molecule has 8 heteroatoms. The van der Waals surface area contributed by atoms with Crippen molar-refractivity contribution in [2.45, 2.75) is 19.3 Å². The normalized spacial score (nSPS) is 12.5. The first kappa shape index (κ1) is 24.7. The van der Waals surface area contributed by atoms with Gasteiger partial charge in [-0.05, 0) is 23.3 Å². The van der Waals surface area contributed by atoms with Crippen LogP contribution in [0.1, 0.15) is 11.1 Å². The molecule has 0 saturated carbocycles. The first-order chi connectivity index (χ1) is 18.6. The minimum absolute atomic E-state index is 0.0213. The van der Waals surface area contributed by atoms with Gasteiger partial charge in [0.1, 0.15) is 31.5 Å². The molecule has 2 heterocycles. The van der Waals surface area contributed by atoms with E-state index in [4.69, 9.17) is 9.47 Å². The summed E-state index contributed by atoms with van der Waals surface area (Å²) in [6.07, 6.45) is 2.00. The molecule has 5 aromatic rings. The Morgan fingerprint density at radius 3 is 2.05 bits per heavy atom. The number of para-hydroxylation sites is 1. The number of aromatic nitrogens is 2. The number of anilines is 1. The number of aromatic amines is 1. The van der Waals surface area contributed by atoms with Crippen molar-refractivity contribution in [3.05, 3.63) is 108 Å². The second-order valence-electron chi connectivity index (χ2n) is 8.72. The molecule has 0 aliphatic rings. The molecular weight excluding hydrogens is 482 g/mol. The predicted octanol–water partition coefficient (Wildman–Crippen LogP) is 4.80. The van der Waals surface area contributed by atoms with Crippen LogP contribution in [0.2, 0.25) is 0 Å². The number of hydrogen-bond acceptors (Lipinski definition) is 7. The quantitative estimate of drug-likeness (QED) is 0.159. The van der Waals surface area contributed by atoms with E-state index < -0.39 is 23.9 Å². The molecule has 2 atom stereocenters. The molecule has 0 amide bonds. The predicted molar refractivity (Wildman–Crippen MR) is 143 cm³/mol. The van der Waals surface area contributed by atoms with Crippen molar-refractivity contribution >= 4 is 45.8 Å². The van der Waals surface area contributed by atoms with Crippen molar-refractivity contribution in [2.24, 2.45) is 5.92 Å². The second kappa shape index (κ2) is 11.4. The SMILES string of the molecule is O=CC(C(=O)OCc1ccccc1)[C@H](Nc1nccc2c1[nH]c1ccccc12)C(=O)OCc1ccccc1. The maximum atomic E-state index is 13.3. The van der Waals surface area contributed by atoms with Gasteiger partial charge in [-0.25, -0.2) is 9.78 Å². The van der Waals surface area contributed by atoms with E-state index in [1.807, 2.05) is 78.9 Å². The van der Waals surface area contributed by atoms with Gasteiger partial charge < -0.3 is 24.6 Å². The van der Waals surface area contributed by atoms with Crippen LogP contribution in [0.3, 0.4) is 0 Å². The van der Waals surface area contributed by atoms with Gasteiger partial charge in [-0.2, -0.15) is 0 Å². The Hall–Kier alpha value is -4.98. The third-order valence-corrected chi connectivity index (χ3v) is 6.20. The van der Waals surface area contributed by atoms with E-state index in [2.05, 4.69) is 15.3 Å². The zero-order chi connectivity index (χ0) is 26.3. The van der Waals surface area contributed by atoms with Crippen LogP contribution >= 0.6 is 0 Å². The summed E-state index contributed by atoms with van der Waals surface area (Å²) in [6.45, 7) is -0.0574. The van der Waals surface area contributed by atoms with E-state index in [1.165, 1.54) is 0 Å². The lowest BCUT2D eigenvalue weighted by molar-refractivity contribution is -0.158. The Kier molecular flexibility index (Phi) is 7.40. The highest BCUT2D eigenvalue weighted by Crippen LogP contribution is 2.29. The van der Waals surface area contributed by atoms with Gasteiger partial charge >= 0.3 is 11.9 Å². The average Bonchev–Trinajstić information content (AvgIpc) is 3.35. The number of esters is 2. The number of benzene rings is 3. The number of rotatable bonds is 10. The Balaban J connectivity index is 1.43. The average molecular weight is 508 g/mol. The summed E-state index contributed by atoms with van der Waals surface area (Å²) in [4.78, 5) is 46.2. The summed E-state index contributed by atoms with van der Waals surface area (Å²) in [5, 5.41) is 4.86. The third kappa shape index (κ3) is 5.39. The van der Waals surface area contributed by atoms with E-state index in [-0.39, 0.29) is 13.2 Å². The van der Waals surface area contributed by atoms with Crippen LogP contribution in [-0.2, 0) is 37.1 Å². The van der Waals surface area contributed by atoms with Crippen LogP contribution in [0.15, 0.2) is 97.2 Å². The van der Waals surface area contributed by atoms with Crippen LogP contribution in [0, 0.1) is 5.92 Å².